The molecule has 3 heteroatoms. The number of aliphatic hydroxyl groups excluding tert-OH is 1. The van der Waals surface area contributed by atoms with Crippen molar-refractivity contribution in [1.82, 2.24) is 4.98 Å². The van der Waals surface area contributed by atoms with Crippen LogP contribution >= 0.6 is 0 Å². The minimum Gasteiger partial charge on any atom is -0.392 e. The predicted molar refractivity (Wildman–Crippen MR) is 52.2 cm³/mol. The van der Waals surface area contributed by atoms with Gasteiger partial charge in [-0.15, -0.1) is 0 Å². The number of rotatable bonds is 4. The SMILES string of the molecule is CC(N)C(O)CCc1ccncc1. The third-order valence-corrected chi connectivity index (χ3v) is 2.09. The number of nitrogens with two attached hydrogens (primary N) is 1. The summed E-state index contributed by atoms with van der Waals surface area (Å²) < 4.78 is 0. The lowest BCUT2D eigenvalue weighted by Gasteiger charge is -2.13. The van der Waals surface area contributed by atoms with Crippen molar-refractivity contribution in [2.45, 2.75) is 31.9 Å². The van der Waals surface area contributed by atoms with Crippen LogP contribution in [0.4, 0.5) is 0 Å². The molecule has 0 radical (unpaired) electrons. The van der Waals surface area contributed by atoms with Crippen LogP contribution in [0.5, 0.6) is 0 Å². The molecule has 0 aromatic carbocycles. The van der Waals surface area contributed by atoms with Crippen LogP contribution < -0.4 is 5.73 Å². The summed E-state index contributed by atoms with van der Waals surface area (Å²) in [5.74, 6) is 0. The van der Waals surface area contributed by atoms with Gasteiger partial charge < -0.3 is 10.8 Å². The Morgan fingerprint density at radius 2 is 2.08 bits per heavy atom. The molecule has 0 aliphatic carbocycles. The van der Waals surface area contributed by atoms with Crippen molar-refractivity contribution in [3.63, 3.8) is 0 Å². The summed E-state index contributed by atoms with van der Waals surface area (Å²) in [5.41, 5.74) is 6.73. The van der Waals surface area contributed by atoms with Crippen LogP contribution in [0.1, 0.15) is 18.9 Å². The molecule has 0 spiro atoms. The number of aryl methyl sites for hydroxylation is 1. The molecule has 72 valence electrons. The summed E-state index contributed by atoms with van der Waals surface area (Å²) >= 11 is 0. The Labute approximate surface area is 78.6 Å². The van der Waals surface area contributed by atoms with E-state index in [1.165, 1.54) is 5.56 Å². The summed E-state index contributed by atoms with van der Waals surface area (Å²) in [5, 5.41) is 9.45. The van der Waals surface area contributed by atoms with Crippen LogP contribution in [-0.2, 0) is 6.42 Å². The number of aliphatic hydroxyl groups is 1. The number of nitrogens with zero attached hydrogens (tertiary/aromatic N) is 1. The van der Waals surface area contributed by atoms with Crippen molar-refractivity contribution >= 4 is 0 Å². The van der Waals surface area contributed by atoms with E-state index in [1.807, 2.05) is 19.1 Å². The van der Waals surface area contributed by atoms with Gasteiger partial charge in [-0.2, -0.15) is 0 Å². The third kappa shape index (κ3) is 3.53. The first-order valence-electron chi connectivity index (χ1n) is 4.52. The molecule has 0 aliphatic rings. The second-order valence-electron chi connectivity index (χ2n) is 3.32. The fourth-order valence-electron chi connectivity index (χ4n) is 1.13. The number of aromatic nitrogens is 1. The molecule has 1 rings (SSSR count). The highest BCUT2D eigenvalue weighted by molar-refractivity contribution is 5.09. The van der Waals surface area contributed by atoms with Gasteiger partial charge in [-0.3, -0.25) is 4.98 Å². The van der Waals surface area contributed by atoms with Crippen molar-refractivity contribution < 1.29 is 5.11 Å². The maximum atomic E-state index is 9.45. The van der Waals surface area contributed by atoms with Crippen LogP contribution in [0.2, 0.25) is 0 Å². The Hall–Kier alpha value is -0.930. The molecule has 0 saturated carbocycles. The zero-order valence-corrected chi connectivity index (χ0v) is 7.85. The van der Waals surface area contributed by atoms with Crippen LogP contribution in [0.15, 0.2) is 24.5 Å². The molecule has 1 aromatic rings. The van der Waals surface area contributed by atoms with E-state index < -0.39 is 6.10 Å². The largest absolute Gasteiger partial charge is 0.392 e. The Kier molecular flexibility index (Phi) is 3.86. The zero-order chi connectivity index (χ0) is 9.68. The van der Waals surface area contributed by atoms with Gasteiger partial charge in [-0.05, 0) is 37.5 Å². The molecule has 2 atom stereocenters. The maximum Gasteiger partial charge on any atom is 0.0691 e. The van der Waals surface area contributed by atoms with Gasteiger partial charge in [0.1, 0.15) is 0 Å². The van der Waals surface area contributed by atoms with Crippen molar-refractivity contribution in [1.29, 1.82) is 0 Å². The van der Waals surface area contributed by atoms with E-state index >= 15 is 0 Å². The first-order valence-corrected chi connectivity index (χ1v) is 4.52. The number of hydrogen-bond acceptors (Lipinski definition) is 3. The van der Waals surface area contributed by atoms with Gasteiger partial charge in [0.2, 0.25) is 0 Å². The highest BCUT2D eigenvalue weighted by Gasteiger charge is 2.08. The van der Waals surface area contributed by atoms with Crippen LogP contribution in [0.3, 0.4) is 0 Å². The standard InChI is InChI=1S/C10H16N2O/c1-8(11)10(13)3-2-9-4-6-12-7-5-9/h4-8,10,13H,2-3,11H2,1H3. The Bertz CT molecular complexity index is 236. The van der Waals surface area contributed by atoms with E-state index in [2.05, 4.69) is 4.98 Å². The van der Waals surface area contributed by atoms with Gasteiger partial charge in [-0.1, -0.05) is 0 Å². The van der Waals surface area contributed by atoms with E-state index in [0.717, 1.165) is 6.42 Å². The average molecular weight is 180 g/mol. The molecule has 0 fully saturated rings. The highest BCUT2D eigenvalue weighted by Crippen LogP contribution is 2.05. The molecule has 0 saturated heterocycles. The number of hydrogen-bond donors (Lipinski definition) is 2. The molecule has 1 aromatic heterocycles. The maximum absolute atomic E-state index is 9.45. The van der Waals surface area contributed by atoms with E-state index in [-0.39, 0.29) is 6.04 Å². The highest BCUT2D eigenvalue weighted by atomic mass is 16.3. The first kappa shape index (κ1) is 10.2. The molecule has 1 heterocycles. The quantitative estimate of drug-likeness (QED) is 0.718. The lowest BCUT2D eigenvalue weighted by Crippen LogP contribution is -2.31. The Balaban J connectivity index is 2.35. The molecular weight excluding hydrogens is 164 g/mol. The summed E-state index contributed by atoms with van der Waals surface area (Å²) in [6.45, 7) is 1.82. The van der Waals surface area contributed by atoms with Crippen LogP contribution in [-0.4, -0.2) is 22.2 Å². The third-order valence-electron chi connectivity index (χ3n) is 2.09. The average Bonchev–Trinajstić information content (AvgIpc) is 2.15. The van der Waals surface area contributed by atoms with Crippen LogP contribution in [0, 0.1) is 0 Å². The van der Waals surface area contributed by atoms with E-state index in [1.54, 1.807) is 12.4 Å². The Morgan fingerprint density at radius 1 is 1.46 bits per heavy atom. The molecule has 0 aliphatic heterocycles. The van der Waals surface area contributed by atoms with Crippen molar-refractivity contribution in [3.05, 3.63) is 30.1 Å². The van der Waals surface area contributed by atoms with E-state index in [4.69, 9.17) is 5.73 Å². The van der Waals surface area contributed by atoms with Gasteiger partial charge in [0.15, 0.2) is 0 Å². The molecule has 3 nitrogen and oxygen atoms in total. The molecule has 0 bridgehead atoms. The minimum atomic E-state index is -0.409. The molecule has 13 heavy (non-hydrogen) atoms. The van der Waals surface area contributed by atoms with Gasteiger partial charge >= 0.3 is 0 Å². The molecule has 3 N–H and O–H groups in total. The summed E-state index contributed by atoms with van der Waals surface area (Å²) in [6, 6.07) is 3.75. The second kappa shape index (κ2) is 4.94. The molecular formula is C10H16N2O. The van der Waals surface area contributed by atoms with Crippen molar-refractivity contribution in [2.24, 2.45) is 5.73 Å². The van der Waals surface area contributed by atoms with Gasteiger partial charge in [0.25, 0.3) is 0 Å². The number of pyridine rings is 1. The van der Waals surface area contributed by atoms with Gasteiger partial charge in [0, 0.05) is 18.4 Å². The monoisotopic (exact) mass is 180 g/mol. The molecule has 0 amide bonds. The lowest BCUT2D eigenvalue weighted by atomic mass is 10.0. The van der Waals surface area contributed by atoms with E-state index in [0.29, 0.717) is 6.42 Å². The normalized spacial score (nSPS) is 15.3. The van der Waals surface area contributed by atoms with Crippen LogP contribution in [0.25, 0.3) is 0 Å². The second-order valence-corrected chi connectivity index (χ2v) is 3.32. The van der Waals surface area contributed by atoms with Crippen molar-refractivity contribution in [3.8, 4) is 0 Å². The van der Waals surface area contributed by atoms with E-state index in [9.17, 15) is 5.11 Å². The summed E-state index contributed by atoms with van der Waals surface area (Å²) in [6.07, 6.45) is 4.67. The van der Waals surface area contributed by atoms with Gasteiger partial charge in [0.05, 0.1) is 6.10 Å². The minimum absolute atomic E-state index is 0.151. The summed E-state index contributed by atoms with van der Waals surface area (Å²) in [4.78, 5) is 3.92. The fourth-order valence-corrected chi connectivity index (χ4v) is 1.13. The van der Waals surface area contributed by atoms with Crippen molar-refractivity contribution in [2.75, 3.05) is 0 Å². The van der Waals surface area contributed by atoms with Gasteiger partial charge in [-0.25, -0.2) is 0 Å². The topological polar surface area (TPSA) is 59.1 Å². The molecule has 2 unspecified atom stereocenters. The Morgan fingerprint density at radius 3 is 2.62 bits per heavy atom. The summed E-state index contributed by atoms with van der Waals surface area (Å²) in [7, 11) is 0. The zero-order valence-electron chi connectivity index (χ0n) is 7.85. The first-order chi connectivity index (χ1) is 6.20. The predicted octanol–water partition coefficient (Wildman–Crippen LogP) is 0.722. The fraction of sp³-hybridized carbons (Fsp3) is 0.500. The smallest absolute Gasteiger partial charge is 0.0691 e. The lowest BCUT2D eigenvalue weighted by molar-refractivity contribution is 0.141.